The van der Waals surface area contributed by atoms with E-state index < -0.39 is 0 Å². The van der Waals surface area contributed by atoms with Gasteiger partial charge in [-0.1, -0.05) is 30.4 Å². The van der Waals surface area contributed by atoms with Crippen LogP contribution in [0.25, 0.3) is 6.08 Å². The summed E-state index contributed by atoms with van der Waals surface area (Å²) in [4.78, 5) is 15.5. The fraction of sp³-hybridized carbons (Fsp3) is 0.381. The van der Waals surface area contributed by atoms with Gasteiger partial charge in [-0.2, -0.15) is 12.6 Å². The standard InChI is InChI=1S/C21H31N3OS/c1-5-18(13-14-22-2)7-8-19-9-11-20(12-10-19)23(3)15-6-16-24(4)21(25)17-26/h5,7-14,22,26H,6,15-17H2,1-4H3/p+1/b8-7+,14-13-,18-5-. The normalized spacial score (nSPS) is 12.1. The number of allylic oxidation sites excluding steroid dienone is 4. The van der Waals surface area contributed by atoms with Crippen LogP contribution in [0, 0.1) is 0 Å². The number of benzene rings is 1. The summed E-state index contributed by atoms with van der Waals surface area (Å²) >= 11 is 4.02. The van der Waals surface area contributed by atoms with Crippen molar-refractivity contribution in [2.75, 3.05) is 44.9 Å². The second kappa shape index (κ2) is 12.4. The van der Waals surface area contributed by atoms with Gasteiger partial charge in [0.15, 0.2) is 0 Å². The van der Waals surface area contributed by atoms with Crippen LogP contribution in [-0.4, -0.2) is 50.8 Å². The predicted octanol–water partition coefficient (Wildman–Crippen LogP) is 2.57. The minimum Gasteiger partial charge on any atom is -0.375 e. The third-order valence-electron chi connectivity index (χ3n) is 4.16. The van der Waals surface area contributed by atoms with E-state index in [0.29, 0.717) is 0 Å². The zero-order valence-corrected chi connectivity index (χ0v) is 17.2. The highest BCUT2D eigenvalue weighted by molar-refractivity contribution is 7.81. The lowest BCUT2D eigenvalue weighted by Crippen LogP contribution is -2.72. The molecule has 0 saturated carbocycles. The highest BCUT2D eigenvalue weighted by atomic mass is 32.1. The quantitative estimate of drug-likeness (QED) is 0.488. The van der Waals surface area contributed by atoms with Gasteiger partial charge in [0.1, 0.15) is 0 Å². The van der Waals surface area contributed by atoms with E-state index in [1.54, 1.807) is 4.90 Å². The third-order valence-corrected chi connectivity index (χ3v) is 4.44. The van der Waals surface area contributed by atoms with Crippen molar-refractivity contribution in [2.45, 2.75) is 13.3 Å². The Balaban J connectivity index is 2.55. The number of hydrogen-bond acceptors (Lipinski definition) is 3. The van der Waals surface area contributed by atoms with Crippen molar-refractivity contribution >= 4 is 30.3 Å². The van der Waals surface area contributed by atoms with Crippen molar-refractivity contribution < 1.29 is 10.1 Å². The molecule has 5 heteroatoms. The van der Waals surface area contributed by atoms with E-state index in [9.17, 15) is 4.79 Å². The molecule has 0 fully saturated rings. The van der Waals surface area contributed by atoms with E-state index >= 15 is 0 Å². The first-order valence-corrected chi connectivity index (χ1v) is 9.61. The van der Waals surface area contributed by atoms with Gasteiger partial charge in [0, 0.05) is 32.9 Å². The number of amides is 1. The molecule has 0 saturated heterocycles. The second-order valence-corrected chi connectivity index (χ2v) is 6.47. The summed E-state index contributed by atoms with van der Waals surface area (Å²) < 4.78 is 0. The van der Waals surface area contributed by atoms with Gasteiger partial charge in [-0.25, -0.2) is 0 Å². The van der Waals surface area contributed by atoms with Crippen molar-refractivity contribution in [3.8, 4) is 0 Å². The molecule has 0 aliphatic heterocycles. The number of thiol groups is 1. The number of anilines is 1. The van der Waals surface area contributed by atoms with E-state index in [2.05, 4.69) is 73.1 Å². The molecule has 0 aromatic heterocycles. The molecule has 1 rings (SSSR count). The number of hydrogen-bond donors (Lipinski definition) is 2. The van der Waals surface area contributed by atoms with Crippen LogP contribution in [0.1, 0.15) is 18.9 Å². The summed E-state index contributed by atoms with van der Waals surface area (Å²) in [7, 11) is 5.92. The molecule has 2 N–H and O–H groups in total. The third kappa shape index (κ3) is 7.93. The molecule has 1 aromatic carbocycles. The Morgan fingerprint density at radius 1 is 1.15 bits per heavy atom. The first-order chi connectivity index (χ1) is 12.5. The Labute approximate surface area is 163 Å². The molecule has 0 atom stereocenters. The molecule has 4 nitrogen and oxygen atoms in total. The summed E-state index contributed by atoms with van der Waals surface area (Å²) in [5, 5.41) is 2.02. The Morgan fingerprint density at radius 3 is 2.42 bits per heavy atom. The number of carbonyl (C=O) groups is 1. The van der Waals surface area contributed by atoms with Crippen molar-refractivity contribution in [1.29, 1.82) is 0 Å². The van der Waals surface area contributed by atoms with Crippen molar-refractivity contribution in [3.63, 3.8) is 0 Å². The number of nitrogens with two attached hydrogens (primary N) is 1. The van der Waals surface area contributed by atoms with Crippen LogP contribution in [0.4, 0.5) is 5.69 Å². The highest BCUT2D eigenvalue weighted by Crippen LogP contribution is 2.16. The molecule has 26 heavy (non-hydrogen) atoms. The minimum atomic E-state index is 0.0688. The topological polar surface area (TPSA) is 40.2 Å². The fourth-order valence-electron chi connectivity index (χ4n) is 2.41. The largest absolute Gasteiger partial charge is 0.375 e. The molecule has 0 unspecified atom stereocenters. The maximum absolute atomic E-state index is 11.5. The molecule has 0 aliphatic rings. The van der Waals surface area contributed by atoms with Crippen LogP contribution in [0.15, 0.2) is 54.3 Å². The maximum atomic E-state index is 11.5. The lowest BCUT2D eigenvalue weighted by Gasteiger charge is -2.22. The summed E-state index contributed by atoms with van der Waals surface area (Å²) in [5.74, 6) is 0.335. The van der Waals surface area contributed by atoms with Gasteiger partial charge in [-0.3, -0.25) is 4.79 Å². The maximum Gasteiger partial charge on any atom is 0.232 e. The Bertz CT molecular complexity index is 635. The van der Waals surface area contributed by atoms with Gasteiger partial charge in [0.2, 0.25) is 5.91 Å². The monoisotopic (exact) mass is 374 g/mol. The molecule has 142 valence electrons. The lowest BCUT2D eigenvalue weighted by molar-refractivity contribution is -0.556. The van der Waals surface area contributed by atoms with E-state index in [4.69, 9.17) is 0 Å². The molecule has 1 amide bonds. The van der Waals surface area contributed by atoms with Crippen LogP contribution in [0.5, 0.6) is 0 Å². The molecule has 0 aliphatic carbocycles. The molecule has 1 aromatic rings. The van der Waals surface area contributed by atoms with E-state index in [-0.39, 0.29) is 11.7 Å². The average molecular weight is 375 g/mol. The molecular weight excluding hydrogens is 342 g/mol. The van der Waals surface area contributed by atoms with Crippen molar-refractivity contribution in [2.24, 2.45) is 0 Å². The molecule has 0 spiro atoms. The SMILES string of the molecule is C/C=C(\C=C/[NH2+]C)/C=C/c1ccc(N(C)CCCN(C)C(=O)CS)cc1. The lowest BCUT2D eigenvalue weighted by atomic mass is 10.1. The van der Waals surface area contributed by atoms with Gasteiger partial charge in [-0.05, 0) is 42.7 Å². The van der Waals surface area contributed by atoms with Gasteiger partial charge in [0.05, 0.1) is 19.0 Å². The van der Waals surface area contributed by atoms with E-state index in [1.165, 1.54) is 16.8 Å². The number of quaternary nitrogens is 1. The van der Waals surface area contributed by atoms with Gasteiger partial charge < -0.3 is 15.1 Å². The van der Waals surface area contributed by atoms with Crippen molar-refractivity contribution in [3.05, 3.63) is 59.8 Å². The first-order valence-electron chi connectivity index (χ1n) is 8.98. The smallest absolute Gasteiger partial charge is 0.232 e. The average Bonchev–Trinajstić information content (AvgIpc) is 2.67. The summed E-state index contributed by atoms with van der Waals surface area (Å²) in [6.07, 6.45) is 11.4. The Hall–Kier alpha value is -1.98. The second-order valence-electron chi connectivity index (χ2n) is 6.15. The van der Waals surface area contributed by atoms with E-state index in [0.717, 1.165) is 19.5 Å². The van der Waals surface area contributed by atoms with Gasteiger partial charge >= 0.3 is 0 Å². The summed E-state index contributed by atoms with van der Waals surface area (Å²) in [5.41, 5.74) is 3.54. The summed E-state index contributed by atoms with van der Waals surface area (Å²) in [6, 6.07) is 8.52. The first kappa shape index (κ1) is 22.1. The molecular formula is C21H32N3OS+. The zero-order chi connectivity index (χ0) is 19.4. The minimum absolute atomic E-state index is 0.0688. The predicted molar refractivity (Wildman–Crippen MR) is 116 cm³/mol. The highest BCUT2D eigenvalue weighted by Gasteiger charge is 2.06. The van der Waals surface area contributed by atoms with E-state index in [1.807, 2.05) is 32.5 Å². The van der Waals surface area contributed by atoms with Crippen LogP contribution in [0.3, 0.4) is 0 Å². The van der Waals surface area contributed by atoms with Gasteiger partial charge in [0.25, 0.3) is 0 Å². The Morgan fingerprint density at radius 2 is 1.85 bits per heavy atom. The van der Waals surface area contributed by atoms with Crippen LogP contribution < -0.4 is 10.2 Å². The molecule has 0 heterocycles. The molecule has 0 radical (unpaired) electrons. The van der Waals surface area contributed by atoms with Crippen LogP contribution >= 0.6 is 12.6 Å². The van der Waals surface area contributed by atoms with Crippen LogP contribution in [0.2, 0.25) is 0 Å². The summed E-state index contributed by atoms with van der Waals surface area (Å²) in [6.45, 7) is 3.69. The molecule has 0 bridgehead atoms. The number of nitrogens with zero attached hydrogens (tertiary/aromatic N) is 2. The Kier molecular flexibility index (Phi) is 10.5. The zero-order valence-electron chi connectivity index (χ0n) is 16.4. The van der Waals surface area contributed by atoms with Crippen molar-refractivity contribution in [1.82, 2.24) is 4.90 Å². The fourth-order valence-corrected chi connectivity index (χ4v) is 2.65. The number of carbonyl (C=O) groups excluding carboxylic acids is 1. The van der Waals surface area contributed by atoms with Crippen LogP contribution in [-0.2, 0) is 4.79 Å². The van der Waals surface area contributed by atoms with Gasteiger partial charge in [-0.15, -0.1) is 0 Å². The number of rotatable bonds is 10.